The number of halogens is 8. The molecule has 1 aliphatic heterocycles. The van der Waals surface area contributed by atoms with Crippen LogP contribution in [0.3, 0.4) is 0 Å². The number of alkyl halides is 7. The van der Waals surface area contributed by atoms with Crippen molar-refractivity contribution >= 4 is 29.4 Å². The Morgan fingerprint density at radius 1 is 1.04 bits per heavy atom. The van der Waals surface area contributed by atoms with E-state index in [1.165, 1.54) is 31.3 Å². The van der Waals surface area contributed by atoms with Crippen molar-refractivity contribution in [1.29, 1.82) is 0 Å². The summed E-state index contributed by atoms with van der Waals surface area (Å²) in [5.41, 5.74) is 3.24. The molecule has 12 nitrogen and oxygen atoms in total. The molecule has 57 heavy (non-hydrogen) atoms. The number of ether oxygens (including phenoxy) is 1. The lowest BCUT2D eigenvalue weighted by Crippen LogP contribution is -2.47. The van der Waals surface area contributed by atoms with E-state index in [1.54, 1.807) is 24.3 Å². The molecule has 4 aromatic rings. The van der Waals surface area contributed by atoms with Gasteiger partial charge < -0.3 is 10.5 Å². The second kappa shape index (κ2) is 14.7. The van der Waals surface area contributed by atoms with Gasteiger partial charge in [-0.15, -0.1) is 5.10 Å². The van der Waals surface area contributed by atoms with Crippen LogP contribution in [0, 0.1) is 11.3 Å². The van der Waals surface area contributed by atoms with Crippen molar-refractivity contribution in [2.45, 2.75) is 95.9 Å². The Morgan fingerprint density at radius 3 is 2.28 bits per heavy atom. The molecule has 1 amide bonds. The topological polar surface area (TPSA) is 146 Å². The molecule has 6 rings (SSSR count). The third-order valence-electron chi connectivity index (χ3n) is 10.2. The van der Waals surface area contributed by atoms with Gasteiger partial charge in [0.1, 0.15) is 18.6 Å². The van der Waals surface area contributed by atoms with Gasteiger partial charge in [-0.25, -0.2) is 36.9 Å². The average Bonchev–Trinajstić information content (AvgIpc) is 3.43. The van der Waals surface area contributed by atoms with Crippen LogP contribution in [-0.2, 0) is 25.4 Å². The Labute approximate surface area is 327 Å². The Hall–Kier alpha value is -5.07. The van der Waals surface area contributed by atoms with Gasteiger partial charge in [-0.3, -0.25) is 14.5 Å². The molecule has 3 heterocycles. The fourth-order valence-electron chi connectivity index (χ4n) is 6.82. The summed E-state index contributed by atoms with van der Waals surface area (Å²) in [5, 5.41) is 11.6. The van der Waals surface area contributed by atoms with E-state index in [0.717, 1.165) is 20.6 Å². The Balaban J connectivity index is 1.39. The van der Waals surface area contributed by atoms with Crippen LogP contribution in [0.25, 0.3) is 16.9 Å². The third-order valence-corrected chi connectivity index (χ3v) is 10.5. The van der Waals surface area contributed by atoms with E-state index in [4.69, 9.17) is 27.1 Å². The minimum atomic E-state index is -4.51. The molecular weight excluding hydrogens is 787 g/mol. The van der Waals surface area contributed by atoms with Crippen molar-refractivity contribution in [2.24, 2.45) is 22.1 Å². The van der Waals surface area contributed by atoms with Crippen LogP contribution in [0.5, 0.6) is 0 Å². The van der Waals surface area contributed by atoms with Gasteiger partial charge in [0.25, 0.3) is 12.3 Å². The van der Waals surface area contributed by atoms with Gasteiger partial charge >= 0.3 is 12.1 Å². The summed E-state index contributed by atoms with van der Waals surface area (Å²) in [7, 11) is 0. The first-order valence-electron chi connectivity index (χ1n) is 17.8. The highest BCUT2D eigenvalue weighted by atomic mass is 35.5. The molecule has 0 bridgehead atoms. The summed E-state index contributed by atoms with van der Waals surface area (Å²) < 4.78 is 104. The molecule has 0 spiro atoms. The number of rotatable bonds is 13. The molecule has 2 aliphatic rings. The van der Waals surface area contributed by atoms with Crippen LogP contribution in [-0.4, -0.2) is 71.2 Å². The Morgan fingerprint density at radius 2 is 1.70 bits per heavy atom. The highest BCUT2D eigenvalue weighted by Crippen LogP contribution is 2.55. The lowest BCUT2D eigenvalue weighted by atomic mass is 9.75. The smallest absolute Gasteiger partial charge is 0.413 e. The molecule has 3 atom stereocenters. The highest BCUT2D eigenvalue weighted by molar-refractivity contribution is 6.32. The molecule has 1 aliphatic carbocycles. The van der Waals surface area contributed by atoms with Crippen molar-refractivity contribution in [3.63, 3.8) is 0 Å². The molecule has 0 radical (unpaired) electrons. The summed E-state index contributed by atoms with van der Waals surface area (Å²) in [5.74, 6) is -7.30. The number of amides is 1. The SMILES string of the molecule is CC(CC(=O)OC[C@H](c1ccc(Cl)c(-n2ncnc2C(F)F)c1)N1C(=O)[C@@](CC(C)(C)C)(c2ccc(-c3cn(C4(C(F)(F)F)CC4)nn3)cc2)N=C1N)C(C)(F)F. The molecule has 2 aromatic heterocycles. The van der Waals surface area contributed by atoms with Crippen molar-refractivity contribution in [3.05, 3.63) is 77.0 Å². The average molecular weight is 826 g/mol. The number of nitrogens with two attached hydrogens (primary N) is 1. The fraction of sp³-hybridized carbons (Fsp3) is 0.486. The van der Waals surface area contributed by atoms with Gasteiger partial charge in [-0.2, -0.15) is 18.3 Å². The number of aliphatic imine (C=N–C) groups is 1. The van der Waals surface area contributed by atoms with Crippen LogP contribution >= 0.6 is 11.6 Å². The summed E-state index contributed by atoms with van der Waals surface area (Å²) in [6, 6.07) is 9.12. The summed E-state index contributed by atoms with van der Waals surface area (Å²) >= 11 is 6.44. The van der Waals surface area contributed by atoms with Crippen LogP contribution < -0.4 is 5.73 Å². The molecule has 0 saturated heterocycles. The predicted octanol–water partition coefficient (Wildman–Crippen LogP) is 7.92. The zero-order valence-electron chi connectivity index (χ0n) is 31.4. The van der Waals surface area contributed by atoms with Gasteiger partial charge in [0.2, 0.25) is 5.92 Å². The summed E-state index contributed by atoms with van der Waals surface area (Å²) in [4.78, 5) is 37.3. The number of esters is 1. The molecule has 2 aromatic carbocycles. The normalized spacial score (nSPS) is 19.5. The van der Waals surface area contributed by atoms with Crippen molar-refractivity contribution < 1.29 is 45.1 Å². The zero-order chi connectivity index (χ0) is 41.9. The van der Waals surface area contributed by atoms with Gasteiger partial charge in [0.05, 0.1) is 29.4 Å². The third kappa shape index (κ3) is 8.07. The van der Waals surface area contributed by atoms with E-state index in [9.17, 15) is 40.3 Å². The monoisotopic (exact) mass is 825 g/mol. The number of nitrogens with zero attached hydrogens (tertiary/aromatic N) is 8. The van der Waals surface area contributed by atoms with Gasteiger partial charge in [0.15, 0.2) is 22.9 Å². The van der Waals surface area contributed by atoms with Gasteiger partial charge in [-0.05, 0) is 54.9 Å². The standard InChI is InChI=1S/C37H39ClF7N9O3/c1-20(34(5,41)42)14-28(55)57-17-27(22-8-11-24(38)26(15-22)54-30(29(39)40)47-19-48-54)53-31(56)36(49-32(53)46,18-33(2,3)4)23-9-6-21(7-10-23)25-16-52(51-50-25)35(12-13-35)37(43,44)45/h6-11,15-16,19-20,27,29H,12-14,17-18H2,1-5H3,(H2,46,49)/t20?,27-,36-/m1/s1. The number of hydrogen-bond acceptors (Lipinski definition) is 9. The molecule has 20 heteroatoms. The highest BCUT2D eigenvalue weighted by Gasteiger charge is 2.66. The molecule has 306 valence electrons. The molecule has 1 fully saturated rings. The van der Waals surface area contributed by atoms with E-state index >= 15 is 0 Å². The Bertz CT molecular complexity index is 2170. The van der Waals surface area contributed by atoms with Crippen LogP contribution in [0.2, 0.25) is 5.02 Å². The largest absolute Gasteiger partial charge is 0.463 e. The van der Waals surface area contributed by atoms with Gasteiger partial charge in [-0.1, -0.05) is 74.8 Å². The lowest BCUT2D eigenvalue weighted by molar-refractivity contribution is -0.183. The van der Waals surface area contributed by atoms with E-state index < -0.39 is 77.7 Å². The first kappa shape index (κ1) is 41.6. The first-order valence-corrected chi connectivity index (χ1v) is 18.2. The number of hydrogen-bond donors (Lipinski definition) is 1. The molecular formula is C37H39ClF7N9O3. The molecule has 2 N–H and O–H groups in total. The molecule has 1 saturated carbocycles. The number of aromatic nitrogens is 6. The van der Waals surface area contributed by atoms with Crippen molar-refractivity contribution in [3.8, 4) is 16.9 Å². The van der Waals surface area contributed by atoms with E-state index in [1.807, 2.05) is 20.8 Å². The lowest BCUT2D eigenvalue weighted by Gasteiger charge is -2.35. The fourth-order valence-corrected chi connectivity index (χ4v) is 7.02. The second-order valence-corrected chi connectivity index (χ2v) is 16.1. The van der Waals surface area contributed by atoms with Crippen LogP contribution in [0.15, 0.2) is 60.0 Å². The number of carbonyl (C=O) groups excluding carboxylic acids is 2. The number of benzene rings is 2. The van der Waals surface area contributed by atoms with Crippen molar-refractivity contribution in [1.82, 2.24) is 34.7 Å². The summed E-state index contributed by atoms with van der Waals surface area (Å²) in [6.45, 7) is 6.83. The van der Waals surface area contributed by atoms with Crippen LogP contribution in [0.4, 0.5) is 30.7 Å². The molecule has 1 unspecified atom stereocenters. The quantitative estimate of drug-likeness (QED) is 0.106. The number of guanidine groups is 1. The minimum absolute atomic E-state index is 0.0248. The minimum Gasteiger partial charge on any atom is -0.463 e. The maximum Gasteiger partial charge on any atom is 0.413 e. The first-order chi connectivity index (χ1) is 26.5. The van der Waals surface area contributed by atoms with E-state index in [-0.39, 0.29) is 47.2 Å². The Kier molecular flexibility index (Phi) is 10.7. The maximum absolute atomic E-state index is 15.0. The number of carbonyl (C=O) groups is 2. The van der Waals surface area contributed by atoms with E-state index in [2.05, 4.69) is 20.4 Å². The predicted molar refractivity (Wildman–Crippen MR) is 192 cm³/mol. The van der Waals surface area contributed by atoms with Crippen molar-refractivity contribution in [2.75, 3.05) is 6.61 Å². The van der Waals surface area contributed by atoms with E-state index in [0.29, 0.717) is 18.1 Å². The maximum atomic E-state index is 15.0. The summed E-state index contributed by atoms with van der Waals surface area (Å²) in [6.07, 6.45) is -6.25. The van der Waals surface area contributed by atoms with Crippen LogP contribution in [0.1, 0.15) is 89.7 Å². The van der Waals surface area contributed by atoms with Gasteiger partial charge in [0, 0.05) is 11.5 Å². The zero-order valence-corrected chi connectivity index (χ0v) is 32.1. The second-order valence-electron chi connectivity index (χ2n) is 15.7.